The van der Waals surface area contributed by atoms with E-state index in [4.69, 9.17) is 0 Å². The molecule has 0 spiro atoms. The Balaban J connectivity index is 3.89. The van der Waals surface area contributed by atoms with Crippen LogP contribution in [0, 0.1) is 0 Å². The highest BCUT2D eigenvalue weighted by Crippen LogP contribution is 1.97. The van der Waals surface area contributed by atoms with Gasteiger partial charge in [0.15, 0.2) is 0 Å². The lowest BCUT2D eigenvalue weighted by atomic mass is 10.1. The number of nitrogens with one attached hydrogen (secondary N) is 3. The first-order chi connectivity index (χ1) is 7.74. The summed E-state index contributed by atoms with van der Waals surface area (Å²) in [5.74, 6) is -0.301. The van der Waals surface area contributed by atoms with E-state index in [0.717, 1.165) is 13.1 Å². The Morgan fingerprint density at radius 2 is 1.82 bits per heavy atom. The smallest absolute Gasteiger partial charge is 0.321 e. The molecule has 100 valence electrons. The van der Waals surface area contributed by atoms with Crippen molar-refractivity contribution in [1.82, 2.24) is 20.9 Å². The molecule has 0 aromatic carbocycles. The molecule has 0 fully saturated rings. The van der Waals surface area contributed by atoms with E-state index in [-0.39, 0.29) is 18.0 Å². The van der Waals surface area contributed by atoms with E-state index in [1.807, 2.05) is 39.8 Å². The summed E-state index contributed by atoms with van der Waals surface area (Å²) in [5.41, 5.74) is -0.345. The van der Waals surface area contributed by atoms with Crippen LogP contribution in [0.15, 0.2) is 0 Å². The van der Waals surface area contributed by atoms with Gasteiger partial charge in [0.1, 0.15) is 0 Å². The van der Waals surface area contributed by atoms with Crippen LogP contribution in [0.5, 0.6) is 0 Å². The van der Waals surface area contributed by atoms with Gasteiger partial charge in [-0.05, 0) is 34.9 Å². The molecule has 0 saturated heterocycles. The number of carbonyl (C=O) groups is 2. The second-order valence-electron chi connectivity index (χ2n) is 5.09. The van der Waals surface area contributed by atoms with Crippen molar-refractivity contribution in [3.8, 4) is 0 Å². The van der Waals surface area contributed by atoms with Gasteiger partial charge in [-0.15, -0.1) is 0 Å². The maximum Gasteiger partial charge on any atom is 0.321 e. The minimum absolute atomic E-state index is 0.208. The Labute approximate surface area is 103 Å². The van der Waals surface area contributed by atoms with Gasteiger partial charge in [-0.25, -0.2) is 4.79 Å². The number of rotatable bonds is 5. The van der Waals surface area contributed by atoms with E-state index in [9.17, 15) is 9.59 Å². The van der Waals surface area contributed by atoms with Crippen molar-refractivity contribution in [2.24, 2.45) is 0 Å². The Morgan fingerprint density at radius 1 is 1.24 bits per heavy atom. The molecule has 0 unspecified atom stereocenters. The van der Waals surface area contributed by atoms with Gasteiger partial charge in [-0.1, -0.05) is 0 Å². The third-order valence-corrected chi connectivity index (χ3v) is 1.90. The number of hydrogen-bond donors (Lipinski definition) is 3. The third-order valence-electron chi connectivity index (χ3n) is 1.90. The number of imide groups is 1. The quantitative estimate of drug-likeness (QED) is 0.624. The lowest BCUT2D eigenvalue weighted by Gasteiger charge is -2.21. The molecule has 3 N–H and O–H groups in total. The molecule has 3 amide bonds. The molecule has 0 bridgehead atoms. The highest BCUT2D eigenvalue weighted by atomic mass is 16.2. The predicted octanol–water partition coefficient (Wildman–Crippen LogP) is -0.238. The van der Waals surface area contributed by atoms with E-state index in [0.29, 0.717) is 0 Å². The van der Waals surface area contributed by atoms with Crippen LogP contribution in [0.25, 0.3) is 0 Å². The minimum atomic E-state index is -0.454. The fraction of sp³-hybridized carbons (Fsp3) is 0.818. The number of hydrogen-bond acceptors (Lipinski definition) is 4. The van der Waals surface area contributed by atoms with Crippen molar-refractivity contribution >= 4 is 11.9 Å². The normalized spacial score (nSPS) is 11.4. The first-order valence-electron chi connectivity index (χ1n) is 5.70. The lowest BCUT2D eigenvalue weighted by molar-refractivity contribution is -0.120. The van der Waals surface area contributed by atoms with Crippen molar-refractivity contribution in [2.45, 2.75) is 26.3 Å². The predicted molar refractivity (Wildman–Crippen MR) is 67.9 cm³/mol. The number of carbonyl (C=O) groups excluding carboxylic acids is 2. The molecule has 6 heteroatoms. The highest BCUT2D eigenvalue weighted by molar-refractivity contribution is 5.95. The molecule has 0 aliphatic heterocycles. The van der Waals surface area contributed by atoms with Crippen LogP contribution in [0.3, 0.4) is 0 Å². The minimum Gasteiger partial charge on any atom is -0.333 e. The molecule has 17 heavy (non-hydrogen) atoms. The van der Waals surface area contributed by atoms with Crippen LogP contribution >= 0.6 is 0 Å². The lowest BCUT2D eigenvalue weighted by Crippen LogP contribution is -2.50. The second kappa shape index (κ2) is 7.24. The average Bonchev–Trinajstić information content (AvgIpc) is 2.10. The number of urea groups is 1. The average molecular weight is 244 g/mol. The van der Waals surface area contributed by atoms with E-state index in [1.54, 1.807) is 0 Å². The molecule has 0 atom stereocenters. The summed E-state index contributed by atoms with van der Waals surface area (Å²) < 4.78 is 0. The van der Waals surface area contributed by atoms with Gasteiger partial charge in [0.2, 0.25) is 5.91 Å². The zero-order valence-electron chi connectivity index (χ0n) is 11.4. The van der Waals surface area contributed by atoms with Crippen molar-refractivity contribution in [1.29, 1.82) is 0 Å². The van der Waals surface area contributed by atoms with Crippen LogP contribution in [-0.4, -0.2) is 56.1 Å². The molecule has 0 aromatic rings. The van der Waals surface area contributed by atoms with E-state index in [1.165, 1.54) is 0 Å². The maximum atomic E-state index is 11.5. The van der Waals surface area contributed by atoms with Gasteiger partial charge in [-0.3, -0.25) is 15.0 Å². The van der Waals surface area contributed by atoms with Gasteiger partial charge >= 0.3 is 6.03 Å². The maximum absolute atomic E-state index is 11.5. The van der Waals surface area contributed by atoms with Gasteiger partial charge in [0.25, 0.3) is 0 Å². The monoisotopic (exact) mass is 244 g/mol. The summed E-state index contributed by atoms with van der Waals surface area (Å²) in [4.78, 5) is 24.7. The Bertz CT molecular complexity index is 261. The van der Waals surface area contributed by atoms with Crippen LogP contribution < -0.4 is 16.0 Å². The molecule has 0 radical (unpaired) electrons. The fourth-order valence-electron chi connectivity index (χ4n) is 1.16. The Morgan fingerprint density at radius 3 is 2.29 bits per heavy atom. The van der Waals surface area contributed by atoms with Crippen molar-refractivity contribution in [3.63, 3.8) is 0 Å². The molecule has 0 heterocycles. The van der Waals surface area contributed by atoms with Gasteiger partial charge in [0.05, 0.1) is 6.54 Å². The van der Waals surface area contributed by atoms with Gasteiger partial charge in [-0.2, -0.15) is 0 Å². The standard InChI is InChI=1S/C11H24N4O2/c1-11(2,3)14-10(17)13-9(16)8-15(5)7-6-12-4/h12H,6-8H2,1-5H3,(H2,13,14,16,17). The third kappa shape index (κ3) is 9.77. The molecular weight excluding hydrogens is 220 g/mol. The fourth-order valence-corrected chi connectivity index (χ4v) is 1.16. The van der Waals surface area contributed by atoms with Gasteiger partial charge < -0.3 is 10.6 Å². The molecular formula is C11H24N4O2. The highest BCUT2D eigenvalue weighted by Gasteiger charge is 2.16. The number of likely N-dealkylation sites (N-methyl/N-ethyl adjacent to an activating group) is 2. The summed E-state index contributed by atoms with van der Waals surface area (Å²) in [6, 6.07) is -0.454. The van der Waals surface area contributed by atoms with Crippen LogP contribution in [0.4, 0.5) is 4.79 Å². The number of amides is 3. The molecule has 6 nitrogen and oxygen atoms in total. The summed E-state index contributed by atoms with van der Waals surface area (Å²) >= 11 is 0. The van der Waals surface area contributed by atoms with Crippen molar-refractivity contribution < 1.29 is 9.59 Å². The summed E-state index contributed by atoms with van der Waals surface area (Å²) in [7, 11) is 3.68. The van der Waals surface area contributed by atoms with Crippen LogP contribution in [0.2, 0.25) is 0 Å². The largest absolute Gasteiger partial charge is 0.333 e. The zero-order valence-corrected chi connectivity index (χ0v) is 11.4. The Hall–Kier alpha value is -1.14. The van der Waals surface area contributed by atoms with E-state index < -0.39 is 6.03 Å². The van der Waals surface area contributed by atoms with Crippen molar-refractivity contribution in [2.75, 3.05) is 33.7 Å². The molecule has 0 aromatic heterocycles. The van der Waals surface area contributed by atoms with Crippen LogP contribution in [0.1, 0.15) is 20.8 Å². The zero-order chi connectivity index (χ0) is 13.5. The molecule has 0 aliphatic rings. The SMILES string of the molecule is CNCCN(C)CC(=O)NC(=O)NC(C)(C)C. The number of nitrogens with zero attached hydrogens (tertiary/aromatic N) is 1. The molecule has 0 aliphatic carbocycles. The van der Waals surface area contributed by atoms with Gasteiger partial charge in [0, 0.05) is 18.6 Å². The van der Waals surface area contributed by atoms with Crippen LogP contribution in [-0.2, 0) is 4.79 Å². The second-order valence-corrected chi connectivity index (χ2v) is 5.09. The molecule has 0 saturated carbocycles. The first kappa shape index (κ1) is 15.9. The van der Waals surface area contributed by atoms with Crippen molar-refractivity contribution in [3.05, 3.63) is 0 Å². The van der Waals surface area contributed by atoms with E-state index in [2.05, 4.69) is 16.0 Å². The summed E-state index contributed by atoms with van der Waals surface area (Å²) in [6.45, 7) is 7.34. The summed E-state index contributed by atoms with van der Waals surface area (Å²) in [6.07, 6.45) is 0. The summed E-state index contributed by atoms with van der Waals surface area (Å²) in [5, 5.41) is 7.95. The van der Waals surface area contributed by atoms with E-state index >= 15 is 0 Å². The Kier molecular flexibility index (Phi) is 6.75. The first-order valence-corrected chi connectivity index (χ1v) is 5.70. The molecule has 0 rings (SSSR count). The topological polar surface area (TPSA) is 73.5 Å².